The Bertz CT molecular complexity index is 294. The van der Waals surface area contributed by atoms with E-state index in [0.29, 0.717) is 5.89 Å². The molecular formula is C9H15N3OS. The lowest BCUT2D eigenvalue weighted by Crippen LogP contribution is -2.07. The molecule has 4 nitrogen and oxygen atoms in total. The van der Waals surface area contributed by atoms with E-state index in [0.717, 1.165) is 18.2 Å². The summed E-state index contributed by atoms with van der Waals surface area (Å²) < 4.78 is 5.04. The minimum Gasteiger partial charge on any atom is -0.338 e. The lowest BCUT2D eigenvalue weighted by Gasteiger charge is -2.02. The number of thioether (sulfide) groups is 1. The van der Waals surface area contributed by atoms with E-state index in [-0.39, 0.29) is 6.04 Å². The summed E-state index contributed by atoms with van der Waals surface area (Å²) in [5.41, 5.74) is 5.63. The molecule has 0 amide bonds. The molecule has 0 aliphatic carbocycles. The Balaban J connectivity index is 1.95. The molecule has 1 aromatic heterocycles. The number of aromatic nitrogens is 2. The van der Waals surface area contributed by atoms with Gasteiger partial charge in [0, 0.05) is 6.42 Å². The van der Waals surface area contributed by atoms with Crippen molar-refractivity contribution in [3.8, 4) is 0 Å². The van der Waals surface area contributed by atoms with Gasteiger partial charge in [-0.15, -0.1) is 0 Å². The van der Waals surface area contributed by atoms with Crippen LogP contribution in [0.2, 0.25) is 0 Å². The third kappa shape index (κ3) is 2.27. The van der Waals surface area contributed by atoms with Crippen LogP contribution in [-0.4, -0.2) is 21.6 Å². The van der Waals surface area contributed by atoms with Crippen molar-refractivity contribution in [1.82, 2.24) is 10.1 Å². The normalized spacial score (nSPS) is 24.0. The van der Waals surface area contributed by atoms with Crippen molar-refractivity contribution < 1.29 is 4.52 Å². The molecule has 1 aromatic rings. The summed E-state index contributed by atoms with van der Waals surface area (Å²) in [5, 5.41) is 3.93. The molecule has 0 bridgehead atoms. The lowest BCUT2D eigenvalue weighted by atomic mass is 10.1. The zero-order chi connectivity index (χ0) is 9.97. The Morgan fingerprint density at radius 3 is 3.14 bits per heavy atom. The van der Waals surface area contributed by atoms with Gasteiger partial charge in [-0.2, -0.15) is 16.7 Å². The molecule has 14 heavy (non-hydrogen) atoms. The Morgan fingerprint density at radius 2 is 2.57 bits per heavy atom. The van der Waals surface area contributed by atoms with Crippen molar-refractivity contribution in [2.75, 3.05) is 11.5 Å². The molecule has 5 heteroatoms. The van der Waals surface area contributed by atoms with Gasteiger partial charge in [-0.1, -0.05) is 5.16 Å². The standard InChI is InChI=1S/C9H15N3OS/c1-6(10)9-11-8(12-13-9)4-7-2-3-14-5-7/h6-7H,2-5,10H2,1H3. The highest BCUT2D eigenvalue weighted by atomic mass is 32.2. The fraction of sp³-hybridized carbons (Fsp3) is 0.778. The van der Waals surface area contributed by atoms with E-state index >= 15 is 0 Å². The first-order valence-electron chi connectivity index (χ1n) is 4.91. The molecule has 0 aromatic carbocycles. The third-order valence-electron chi connectivity index (χ3n) is 2.37. The van der Waals surface area contributed by atoms with Gasteiger partial charge < -0.3 is 10.3 Å². The van der Waals surface area contributed by atoms with Gasteiger partial charge in [-0.3, -0.25) is 0 Å². The number of nitrogens with two attached hydrogens (primary N) is 1. The van der Waals surface area contributed by atoms with Gasteiger partial charge >= 0.3 is 0 Å². The van der Waals surface area contributed by atoms with Gasteiger partial charge in [0.1, 0.15) is 0 Å². The Kier molecular flexibility index (Phi) is 3.08. The van der Waals surface area contributed by atoms with E-state index in [9.17, 15) is 0 Å². The quantitative estimate of drug-likeness (QED) is 0.821. The van der Waals surface area contributed by atoms with E-state index < -0.39 is 0 Å². The van der Waals surface area contributed by atoms with E-state index in [1.807, 2.05) is 18.7 Å². The van der Waals surface area contributed by atoms with Crippen molar-refractivity contribution in [2.45, 2.75) is 25.8 Å². The molecular weight excluding hydrogens is 198 g/mol. The van der Waals surface area contributed by atoms with Crippen LogP contribution in [0.25, 0.3) is 0 Å². The van der Waals surface area contributed by atoms with Crippen molar-refractivity contribution in [3.05, 3.63) is 11.7 Å². The van der Waals surface area contributed by atoms with Crippen LogP contribution in [0.3, 0.4) is 0 Å². The van der Waals surface area contributed by atoms with Gasteiger partial charge in [-0.05, 0) is 30.8 Å². The molecule has 1 saturated heterocycles. The second-order valence-corrected chi connectivity index (χ2v) is 4.92. The van der Waals surface area contributed by atoms with Gasteiger partial charge in [-0.25, -0.2) is 0 Å². The minimum atomic E-state index is -0.158. The van der Waals surface area contributed by atoms with E-state index in [4.69, 9.17) is 10.3 Å². The number of nitrogens with zero attached hydrogens (tertiary/aromatic N) is 2. The Hall–Kier alpha value is -0.550. The highest BCUT2D eigenvalue weighted by Crippen LogP contribution is 2.25. The predicted octanol–water partition coefficient (Wildman–Crippen LogP) is 1.38. The maximum atomic E-state index is 5.63. The van der Waals surface area contributed by atoms with Crippen LogP contribution in [0.4, 0.5) is 0 Å². The maximum absolute atomic E-state index is 5.63. The Labute approximate surface area is 87.6 Å². The number of rotatable bonds is 3. The van der Waals surface area contributed by atoms with E-state index in [1.165, 1.54) is 17.9 Å². The average Bonchev–Trinajstić information content (AvgIpc) is 2.75. The molecule has 0 radical (unpaired) electrons. The second-order valence-electron chi connectivity index (χ2n) is 3.77. The van der Waals surface area contributed by atoms with Crippen LogP contribution < -0.4 is 5.73 Å². The van der Waals surface area contributed by atoms with Crippen LogP contribution in [-0.2, 0) is 6.42 Å². The second kappa shape index (κ2) is 4.31. The lowest BCUT2D eigenvalue weighted by molar-refractivity contribution is 0.355. The summed E-state index contributed by atoms with van der Waals surface area (Å²) in [6.45, 7) is 1.85. The highest BCUT2D eigenvalue weighted by molar-refractivity contribution is 7.99. The summed E-state index contributed by atoms with van der Waals surface area (Å²) >= 11 is 2.00. The smallest absolute Gasteiger partial charge is 0.243 e. The first kappa shape index (κ1) is 9.98. The molecule has 2 N–H and O–H groups in total. The summed E-state index contributed by atoms with van der Waals surface area (Å²) in [7, 11) is 0. The number of hydrogen-bond donors (Lipinski definition) is 1. The number of hydrogen-bond acceptors (Lipinski definition) is 5. The zero-order valence-electron chi connectivity index (χ0n) is 8.27. The molecule has 78 valence electrons. The first-order chi connectivity index (χ1) is 6.75. The topological polar surface area (TPSA) is 64.9 Å². The summed E-state index contributed by atoms with van der Waals surface area (Å²) in [4.78, 5) is 4.26. The van der Waals surface area contributed by atoms with E-state index in [1.54, 1.807) is 0 Å². The third-order valence-corrected chi connectivity index (χ3v) is 3.60. The van der Waals surface area contributed by atoms with Gasteiger partial charge in [0.15, 0.2) is 5.82 Å². The summed E-state index contributed by atoms with van der Waals surface area (Å²) in [6, 6.07) is -0.158. The largest absolute Gasteiger partial charge is 0.338 e. The average molecular weight is 213 g/mol. The fourth-order valence-corrected chi connectivity index (χ4v) is 2.82. The molecule has 1 aliphatic heterocycles. The van der Waals surface area contributed by atoms with Crippen molar-refractivity contribution >= 4 is 11.8 Å². The van der Waals surface area contributed by atoms with E-state index in [2.05, 4.69) is 10.1 Å². The molecule has 2 atom stereocenters. The van der Waals surface area contributed by atoms with Crippen LogP contribution in [0.15, 0.2) is 4.52 Å². The molecule has 2 rings (SSSR count). The van der Waals surface area contributed by atoms with Crippen LogP contribution in [0, 0.1) is 5.92 Å². The van der Waals surface area contributed by atoms with Crippen LogP contribution in [0.5, 0.6) is 0 Å². The fourth-order valence-electron chi connectivity index (χ4n) is 1.54. The van der Waals surface area contributed by atoms with Gasteiger partial charge in [0.05, 0.1) is 6.04 Å². The Morgan fingerprint density at radius 1 is 1.71 bits per heavy atom. The van der Waals surface area contributed by atoms with Gasteiger partial charge in [0.25, 0.3) is 0 Å². The maximum Gasteiger partial charge on any atom is 0.243 e. The van der Waals surface area contributed by atoms with Crippen molar-refractivity contribution in [3.63, 3.8) is 0 Å². The van der Waals surface area contributed by atoms with Crippen LogP contribution >= 0.6 is 11.8 Å². The molecule has 2 heterocycles. The van der Waals surface area contributed by atoms with Crippen LogP contribution in [0.1, 0.15) is 31.1 Å². The molecule has 2 unspecified atom stereocenters. The summed E-state index contributed by atoms with van der Waals surface area (Å²) in [5.74, 6) is 4.57. The minimum absolute atomic E-state index is 0.158. The monoisotopic (exact) mass is 213 g/mol. The van der Waals surface area contributed by atoms with Crippen molar-refractivity contribution in [1.29, 1.82) is 0 Å². The highest BCUT2D eigenvalue weighted by Gasteiger charge is 2.19. The zero-order valence-corrected chi connectivity index (χ0v) is 9.09. The van der Waals surface area contributed by atoms with Crippen molar-refractivity contribution in [2.24, 2.45) is 11.7 Å². The molecule has 0 spiro atoms. The molecule has 1 aliphatic rings. The molecule has 1 fully saturated rings. The predicted molar refractivity (Wildman–Crippen MR) is 56.0 cm³/mol. The van der Waals surface area contributed by atoms with Gasteiger partial charge in [0.2, 0.25) is 5.89 Å². The molecule has 0 saturated carbocycles. The SMILES string of the molecule is CC(N)c1nc(CC2CCSC2)no1. The summed E-state index contributed by atoms with van der Waals surface area (Å²) in [6.07, 6.45) is 2.20. The first-order valence-corrected chi connectivity index (χ1v) is 6.07.